The molecule has 0 saturated heterocycles. The second kappa shape index (κ2) is 8.81. The molecule has 1 aromatic carbocycles. The van der Waals surface area contributed by atoms with Crippen molar-refractivity contribution in [3.63, 3.8) is 0 Å². The van der Waals surface area contributed by atoms with E-state index in [-0.39, 0.29) is 32.6 Å². The van der Waals surface area contributed by atoms with E-state index in [1.807, 2.05) is 0 Å². The molecule has 0 aliphatic rings. The van der Waals surface area contributed by atoms with E-state index < -0.39 is 17.8 Å². The Balaban J connectivity index is 1.84. The number of carbonyl (C=O) groups is 1. The summed E-state index contributed by atoms with van der Waals surface area (Å²) < 4.78 is 21.0. The van der Waals surface area contributed by atoms with E-state index in [0.29, 0.717) is 11.4 Å². The number of rotatable bonds is 5. The van der Waals surface area contributed by atoms with Gasteiger partial charge in [0.05, 0.1) is 10.7 Å². The normalized spacial score (nSPS) is 11.8. The molecule has 156 valence electrons. The second-order valence-corrected chi connectivity index (χ2v) is 7.30. The van der Waals surface area contributed by atoms with E-state index in [4.69, 9.17) is 27.9 Å². The number of halogens is 3. The van der Waals surface area contributed by atoms with Gasteiger partial charge in [-0.1, -0.05) is 23.2 Å². The van der Waals surface area contributed by atoms with Crippen molar-refractivity contribution in [1.29, 1.82) is 0 Å². The fourth-order valence-corrected chi connectivity index (χ4v) is 3.37. The van der Waals surface area contributed by atoms with Crippen molar-refractivity contribution in [1.82, 2.24) is 14.8 Å². The van der Waals surface area contributed by atoms with Gasteiger partial charge >= 0.3 is 0 Å². The van der Waals surface area contributed by atoms with Crippen LogP contribution in [0.2, 0.25) is 10.0 Å². The number of nitrogens with one attached hydrogen (secondary N) is 1. The summed E-state index contributed by atoms with van der Waals surface area (Å²) in [4.78, 5) is 24.0. The lowest BCUT2D eigenvalue weighted by Crippen LogP contribution is -2.19. The first kappa shape index (κ1) is 21.7. The third-order valence-corrected chi connectivity index (χ3v) is 5.01. The predicted molar refractivity (Wildman–Crippen MR) is 112 cm³/mol. The molecule has 0 saturated carbocycles. The molecule has 0 aliphatic heterocycles. The van der Waals surface area contributed by atoms with Crippen molar-refractivity contribution in [3.8, 4) is 5.75 Å². The van der Waals surface area contributed by atoms with E-state index in [1.54, 1.807) is 20.9 Å². The van der Waals surface area contributed by atoms with E-state index in [9.17, 15) is 14.0 Å². The highest BCUT2D eigenvalue weighted by Crippen LogP contribution is 2.35. The molecule has 1 N–H and O–H groups in total. The van der Waals surface area contributed by atoms with Crippen LogP contribution >= 0.6 is 23.2 Å². The molecule has 0 spiro atoms. The third-order valence-electron chi connectivity index (χ3n) is 4.30. The average Bonchev–Trinajstić information content (AvgIpc) is 2.69. The largest absolute Gasteiger partial charge is 0.484 e. The Kier molecular flexibility index (Phi) is 6.38. The number of amides is 1. The van der Waals surface area contributed by atoms with Gasteiger partial charge in [0.2, 0.25) is 5.56 Å². The summed E-state index contributed by atoms with van der Waals surface area (Å²) in [5.74, 6) is -0.895. The Hall–Kier alpha value is -2.97. The molecule has 1 amide bonds. The molecule has 0 radical (unpaired) electrons. The van der Waals surface area contributed by atoms with E-state index >= 15 is 0 Å². The Bertz CT molecular complexity index is 1180. The number of aryl methyl sites for hydroxylation is 2. The standard InChI is InChI=1S/C20H17Cl2FN4O3/c1-10-16(30-11(2)18-13(21)5-6-14(23)19(18)22)8-15(26-25-10)20(29)24-12-4-7-17(28)27(3)9-12/h4-9,11H,1-3H3,(H,24,29). The molecule has 0 fully saturated rings. The summed E-state index contributed by atoms with van der Waals surface area (Å²) in [6.45, 7) is 3.30. The molecule has 7 nitrogen and oxygen atoms in total. The van der Waals surface area contributed by atoms with Gasteiger partial charge in [0.1, 0.15) is 23.4 Å². The van der Waals surface area contributed by atoms with Crippen molar-refractivity contribution in [2.75, 3.05) is 5.32 Å². The van der Waals surface area contributed by atoms with Gasteiger partial charge in [-0.2, -0.15) is 5.10 Å². The van der Waals surface area contributed by atoms with Gasteiger partial charge in [-0.15, -0.1) is 5.10 Å². The van der Waals surface area contributed by atoms with Crippen LogP contribution in [-0.4, -0.2) is 20.7 Å². The Morgan fingerprint density at radius 1 is 1.23 bits per heavy atom. The summed E-state index contributed by atoms with van der Waals surface area (Å²) in [6.07, 6.45) is 0.762. The van der Waals surface area contributed by atoms with Gasteiger partial charge < -0.3 is 14.6 Å². The van der Waals surface area contributed by atoms with E-state index in [0.717, 1.165) is 0 Å². The highest BCUT2D eigenvalue weighted by molar-refractivity contribution is 6.36. The quantitative estimate of drug-likeness (QED) is 0.584. The number of carbonyl (C=O) groups excluding carboxylic acids is 1. The van der Waals surface area contributed by atoms with Gasteiger partial charge in [0, 0.05) is 36.0 Å². The fourth-order valence-electron chi connectivity index (χ4n) is 2.69. The maximum absolute atomic E-state index is 13.8. The maximum atomic E-state index is 13.8. The number of ether oxygens (including phenoxy) is 1. The number of nitrogens with zero attached hydrogens (tertiary/aromatic N) is 3. The smallest absolute Gasteiger partial charge is 0.276 e. The van der Waals surface area contributed by atoms with Crippen molar-refractivity contribution in [2.24, 2.45) is 7.05 Å². The van der Waals surface area contributed by atoms with Crippen LogP contribution < -0.4 is 15.6 Å². The van der Waals surface area contributed by atoms with Crippen molar-refractivity contribution < 1.29 is 13.9 Å². The summed E-state index contributed by atoms with van der Waals surface area (Å²) in [7, 11) is 1.57. The van der Waals surface area contributed by atoms with Crippen LogP contribution in [0.3, 0.4) is 0 Å². The molecule has 10 heteroatoms. The van der Waals surface area contributed by atoms with Crippen LogP contribution in [0.5, 0.6) is 5.75 Å². The zero-order chi connectivity index (χ0) is 22.0. The first-order valence-electron chi connectivity index (χ1n) is 8.79. The van der Waals surface area contributed by atoms with Gasteiger partial charge in [-0.25, -0.2) is 4.39 Å². The van der Waals surface area contributed by atoms with Gasteiger partial charge in [0.15, 0.2) is 5.69 Å². The maximum Gasteiger partial charge on any atom is 0.276 e. The zero-order valence-electron chi connectivity index (χ0n) is 16.2. The van der Waals surface area contributed by atoms with Crippen LogP contribution in [-0.2, 0) is 7.05 Å². The first-order valence-corrected chi connectivity index (χ1v) is 9.55. The lowest BCUT2D eigenvalue weighted by atomic mass is 10.1. The van der Waals surface area contributed by atoms with Gasteiger partial charge in [0.25, 0.3) is 5.91 Å². The fraction of sp³-hybridized carbons (Fsp3) is 0.200. The van der Waals surface area contributed by atoms with Crippen LogP contribution in [0.15, 0.2) is 41.3 Å². The first-order chi connectivity index (χ1) is 14.2. The molecular formula is C20H17Cl2FN4O3. The molecule has 1 unspecified atom stereocenters. The highest BCUT2D eigenvalue weighted by atomic mass is 35.5. The number of hydrogen-bond acceptors (Lipinski definition) is 5. The molecule has 3 aromatic rings. The predicted octanol–water partition coefficient (Wildman–Crippen LogP) is 4.32. The number of hydrogen-bond donors (Lipinski definition) is 1. The minimum absolute atomic E-state index is 0.00640. The summed E-state index contributed by atoms with van der Waals surface area (Å²) in [6, 6.07) is 6.79. The molecule has 30 heavy (non-hydrogen) atoms. The number of benzene rings is 1. The summed E-state index contributed by atoms with van der Waals surface area (Å²) in [5.41, 5.74) is 0.907. The van der Waals surface area contributed by atoms with E-state index in [1.165, 1.54) is 41.1 Å². The number of pyridine rings is 1. The molecule has 2 heterocycles. The van der Waals surface area contributed by atoms with E-state index in [2.05, 4.69) is 15.5 Å². The van der Waals surface area contributed by atoms with Crippen LogP contribution in [0.1, 0.15) is 34.8 Å². The van der Waals surface area contributed by atoms with Crippen molar-refractivity contribution in [2.45, 2.75) is 20.0 Å². The average molecular weight is 451 g/mol. The number of anilines is 1. The Morgan fingerprint density at radius 2 is 1.97 bits per heavy atom. The molecule has 0 aliphatic carbocycles. The Labute approximate surface area is 181 Å². The van der Waals surface area contributed by atoms with Crippen LogP contribution in [0.4, 0.5) is 10.1 Å². The third kappa shape index (κ3) is 4.60. The van der Waals surface area contributed by atoms with Crippen molar-refractivity contribution >= 4 is 34.8 Å². The highest BCUT2D eigenvalue weighted by Gasteiger charge is 2.21. The number of aromatic nitrogens is 3. The molecule has 0 bridgehead atoms. The lowest BCUT2D eigenvalue weighted by Gasteiger charge is -2.19. The topological polar surface area (TPSA) is 86.1 Å². The van der Waals surface area contributed by atoms with Gasteiger partial charge in [-0.05, 0) is 32.0 Å². The molecular weight excluding hydrogens is 434 g/mol. The molecule has 1 atom stereocenters. The van der Waals surface area contributed by atoms with Crippen LogP contribution in [0, 0.1) is 12.7 Å². The Morgan fingerprint density at radius 3 is 2.67 bits per heavy atom. The lowest BCUT2D eigenvalue weighted by molar-refractivity contribution is 0.102. The van der Waals surface area contributed by atoms with Crippen molar-refractivity contribution in [3.05, 3.63) is 79.7 Å². The van der Waals surface area contributed by atoms with Crippen LogP contribution in [0.25, 0.3) is 0 Å². The monoisotopic (exact) mass is 450 g/mol. The SMILES string of the molecule is Cc1nnc(C(=O)Nc2ccc(=O)n(C)c2)cc1OC(C)c1c(Cl)ccc(F)c1Cl. The molecule has 2 aromatic heterocycles. The molecule has 3 rings (SSSR count). The van der Waals surface area contributed by atoms with Gasteiger partial charge in [-0.3, -0.25) is 9.59 Å². The minimum Gasteiger partial charge on any atom is -0.484 e. The minimum atomic E-state index is -0.719. The summed E-state index contributed by atoms with van der Waals surface area (Å²) in [5, 5.41) is 10.6. The zero-order valence-corrected chi connectivity index (χ0v) is 17.8. The summed E-state index contributed by atoms with van der Waals surface area (Å²) >= 11 is 12.2. The second-order valence-electron chi connectivity index (χ2n) is 6.52.